The number of carboxylic acid groups (broad SMARTS) is 1. The molecule has 1 heterocycles. The van der Waals surface area contributed by atoms with Crippen molar-refractivity contribution < 1.29 is 88.4 Å². The Morgan fingerprint density at radius 1 is 0.681 bits per heavy atom. The van der Waals surface area contributed by atoms with E-state index < -0.39 is 109 Å². The molecule has 6 aromatic rings. The summed E-state index contributed by atoms with van der Waals surface area (Å²) in [5.74, 6) is -4.22. The Kier molecular flexibility index (Phi) is 14.6. The standard InChI is InChI=1S/C37H31N9O20S3/c1-64-21-4-7-24(30(15-21)68(58,59)60)38-40-25-16-28(66-11-9-48)26(17-27(25)65-10-8-47)41-42-32-31(69(61,62)63)13-18-12-19(2-5-22(18)35(32)49)45-36(50)33(34(44-45)37(51)52)43-39-23-6-3-20(46(53)54)14-29(23)67(55,56)57/h2-7,12-17,47-50H,8-11H2,1H3,(H,51,52)(H,55,56,57)(H,58,59,60)(H,61,62,63)/b40-38+,42-41+,43-39+. The van der Waals surface area contributed by atoms with E-state index in [1.54, 1.807) is 0 Å². The minimum Gasteiger partial charge on any atom is -0.505 e. The van der Waals surface area contributed by atoms with Gasteiger partial charge < -0.3 is 39.7 Å². The number of methoxy groups -OCH3 is 1. The van der Waals surface area contributed by atoms with Gasteiger partial charge >= 0.3 is 5.97 Å². The molecule has 0 atom stereocenters. The van der Waals surface area contributed by atoms with Crippen molar-refractivity contribution in [1.82, 2.24) is 9.78 Å². The van der Waals surface area contributed by atoms with Gasteiger partial charge in [-0.3, -0.25) is 23.8 Å². The summed E-state index contributed by atoms with van der Waals surface area (Å²) in [4.78, 5) is 19.5. The number of aromatic nitrogens is 2. The first-order valence-corrected chi connectivity index (χ1v) is 22.9. The molecule has 69 heavy (non-hydrogen) atoms. The van der Waals surface area contributed by atoms with Crippen LogP contribution in [0, 0.1) is 10.1 Å². The third kappa shape index (κ3) is 11.2. The summed E-state index contributed by atoms with van der Waals surface area (Å²) in [5.41, 5.74) is -5.35. The molecule has 0 amide bonds. The summed E-state index contributed by atoms with van der Waals surface area (Å²) < 4.78 is 120. The fourth-order valence-corrected chi connectivity index (χ4v) is 7.89. The van der Waals surface area contributed by atoms with Crippen LogP contribution in [0.1, 0.15) is 10.5 Å². The third-order valence-corrected chi connectivity index (χ3v) is 11.6. The topological polar surface area (TPSA) is 444 Å². The van der Waals surface area contributed by atoms with Crippen molar-refractivity contribution in [2.75, 3.05) is 33.5 Å². The molecule has 0 aliphatic carbocycles. The molecule has 29 nitrogen and oxygen atoms in total. The monoisotopic (exact) mass is 1020 g/mol. The molecule has 8 N–H and O–H groups in total. The van der Waals surface area contributed by atoms with Crippen molar-refractivity contribution in [2.45, 2.75) is 14.7 Å². The zero-order valence-corrected chi connectivity index (χ0v) is 36.9. The van der Waals surface area contributed by atoms with E-state index in [0.29, 0.717) is 10.7 Å². The Hall–Kier alpha value is -8.11. The molecule has 0 bridgehead atoms. The van der Waals surface area contributed by atoms with Crippen LogP contribution in [0.3, 0.4) is 0 Å². The molecule has 1 aromatic heterocycles. The van der Waals surface area contributed by atoms with Crippen LogP contribution in [-0.4, -0.2) is 119 Å². The molecule has 0 saturated heterocycles. The number of hydrogen-bond acceptors (Lipinski definition) is 23. The lowest BCUT2D eigenvalue weighted by atomic mass is 10.1. The number of aromatic carboxylic acids is 1. The van der Waals surface area contributed by atoms with Gasteiger partial charge in [-0.15, -0.1) is 30.7 Å². The molecule has 0 radical (unpaired) electrons. The van der Waals surface area contributed by atoms with Crippen molar-refractivity contribution in [3.05, 3.63) is 88.6 Å². The number of azo groups is 3. The average molecular weight is 1020 g/mol. The number of aliphatic hydroxyl groups excluding tert-OH is 2. The number of ether oxygens (including phenoxy) is 3. The Morgan fingerprint density at radius 3 is 1.74 bits per heavy atom. The first-order chi connectivity index (χ1) is 32.5. The lowest BCUT2D eigenvalue weighted by Crippen LogP contribution is -2.04. The number of hydrogen-bond donors (Lipinski definition) is 8. The summed E-state index contributed by atoms with van der Waals surface area (Å²) in [6, 6.07) is 11.8. The highest BCUT2D eigenvalue weighted by atomic mass is 32.2. The van der Waals surface area contributed by atoms with E-state index in [4.69, 9.17) is 14.2 Å². The fourth-order valence-electron chi connectivity index (χ4n) is 5.95. The van der Waals surface area contributed by atoms with E-state index >= 15 is 0 Å². The lowest BCUT2D eigenvalue weighted by molar-refractivity contribution is -0.385. The van der Waals surface area contributed by atoms with E-state index in [1.165, 1.54) is 13.2 Å². The molecule has 0 fully saturated rings. The van der Waals surface area contributed by atoms with Gasteiger partial charge in [-0.1, -0.05) is 0 Å². The Balaban J connectivity index is 1.44. The fraction of sp³-hybridized carbons (Fsp3) is 0.135. The van der Waals surface area contributed by atoms with E-state index in [9.17, 15) is 79.4 Å². The maximum Gasteiger partial charge on any atom is 0.358 e. The first-order valence-electron chi connectivity index (χ1n) is 18.6. The predicted molar refractivity (Wildman–Crippen MR) is 231 cm³/mol. The molecule has 0 spiro atoms. The first kappa shape index (κ1) is 50.3. The van der Waals surface area contributed by atoms with E-state index in [1.807, 2.05) is 0 Å². The largest absolute Gasteiger partial charge is 0.505 e. The molecular formula is C37H31N9O20S3. The van der Waals surface area contributed by atoms with Crippen molar-refractivity contribution in [1.29, 1.82) is 0 Å². The van der Waals surface area contributed by atoms with Crippen molar-refractivity contribution in [2.24, 2.45) is 30.7 Å². The van der Waals surface area contributed by atoms with Crippen LogP contribution in [-0.2, 0) is 30.4 Å². The zero-order chi connectivity index (χ0) is 50.6. The van der Waals surface area contributed by atoms with Crippen molar-refractivity contribution in [3.8, 4) is 34.6 Å². The van der Waals surface area contributed by atoms with Gasteiger partial charge in [-0.2, -0.15) is 35.0 Å². The molecule has 0 aliphatic heterocycles. The van der Waals surface area contributed by atoms with Crippen LogP contribution in [0.5, 0.6) is 28.9 Å². The zero-order valence-electron chi connectivity index (χ0n) is 34.5. The molecule has 5 aromatic carbocycles. The Bertz CT molecular complexity index is 3490. The van der Waals surface area contributed by atoms with Crippen molar-refractivity contribution in [3.63, 3.8) is 0 Å². The van der Waals surface area contributed by atoms with E-state index in [-0.39, 0.29) is 64.0 Å². The van der Waals surface area contributed by atoms with Crippen LogP contribution in [0.25, 0.3) is 16.5 Å². The maximum atomic E-state index is 12.8. The molecule has 32 heteroatoms. The second kappa shape index (κ2) is 20.0. The lowest BCUT2D eigenvalue weighted by Gasteiger charge is -2.13. The smallest absolute Gasteiger partial charge is 0.358 e. The minimum atomic E-state index is -5.31. The van der Waals surface area contributed by atoms with Crippen LogP contribution in [0.15, 0.2) is 118 Å². The number of carboxylic acids is 1. The summed E-state index contributed by atoms with van der Waals surface area (Å²) in [6.07, 6.45) is 0. The molecule has 0 unspecified atom stereocenters. The number of nitro groups is 1. The summed E-state index contributed by atoms with van der Waals surface area (Å²) in [7, 11) is -14.1. The maximum absolute atomic E-state index is 12.8. The molecular weight excluding hydrogens is 987 g/mol. The van der Waals surface area contributed by atoms with Gasteiger partial charge in [0.05, 0.1) is 30.9 Å². The summed E-state index contributed by atoms with van der Waals surface area (Å²) in [6.45, 7) is -1.85. The number of fused-ring (bicyclic) bond motifs is 1. The normalized spacial score (nSPS) is 12.4. The van der Waals surface area contributed by atoms with Gasteiger partial charge in [0.15, 0.2) is 11.4 Å². The second-order valence-corrected chi connectivity index (χ2v) is 17.6. The average Bonchev–Trinajstić information content (AvgIpc) is 3.63. The Morgan fingerprint density at radius 2 is 1.20 bits per heavy atom. The van der Waals surface area contributed by atoms with Crippen LogP contribution >= 0.6 is 0 Å². The van der Waals surface area contributed by atoms with E-state index in [0.717, 1.165) is 60.7 Å². The predicted octanol–water partition coefficient (Wildman–Crippen LogP) is 5.78. The number of rotatable bonds is 19. The van der Waals surface area contributed by atoms with E-state index in [2.05, 4.69) is 35.8 Å². The SMILES string of the molecule is COc1ccc(/N=N/c2cc(OCCO)c(/N=N/c3c(S(=O)(=O)O)cc4cc(-n5nc(C(=O)O)c(/N=N/c6ccc([N+](=O)[O-])cc6S(=O)(=O)O)c5O)ccc4c3O)cc2OCCO)c(S(=O)(=O)O)c1. The number of nitrogens with zero attached hydrogens (tertiary/aromatic N) is 9. The second-order valence-electron chi connectivity index (χ2n) is 13.4. The van der Waals surface area contributed by atoms with Gasteiger partial charge in [-0.05, 0) is 47.9 Å². The number of phenolic OH excluding ortho intramolecular Hbond substituents is 1. The highest BCUT2D eigenvalue weighted by Crippen LogP contribution is 2.46. The molecule has 6 rings (SSSR count). The van der Waals surface area contributed by atoms with Gasteiger partial charge in [-0.25, -0.2) is 4.79 Å². The number of aromatic hydroxyl groups is 2. The molecule has 362 valence electrons. The number of benzene rings is 5. The van der Waals surface area contributed by atoms with Gasteiger partial charge in [0.1, 0.15) is 73.6 Å². The number of phenols is 1. The highest BCUT2D eigenvalue weighted by molar-refractivity contribution is 7.86. The number of nitro benzene ring substituents is 1. The quantitative estimate of drug-likeness (QED) is 0.0206. The van der Waals surface area contributed by atoms with Crippen molar-refractivity contribution >= 4 is 86.9 Å². The van der Waals surface area contributed by atoms with Crippen LogP contribution < -0.4 is 14.2 Å². The van der Waals surface area contributed by atoms with Crippen LogP contribution in [0.4, 0.5) is 39.8 Å². The van der Waals surface area contributed by atoms with Gasteiger partial charge in [0.25, 0.3) is 36.0 Å². The number of non-ortho nitro benzene ring substituents is 1. The molecule has 0 aliphatic rings. The van der Waals surface area contributed by atoms with Crippen LogP contribution in [0.2, 0.25) is 0 Å². The summed E-state index contributed by atoms with van der Waals surface area (Å²) in [5, 5.41) is 88.7. The minimum absolute atomic E-state index is 0.0520. The van der Waals surface area contributed by atoms with Gasteiger partial charge in [0.2, 0.25) is 11.6 Å². The van der Waals surface area contributed by atoms with Gasteiger partial charge in [0, 0.05) is 35.7 Å². The number of carbonyl (C=O) groups is 1. The summed E-state index contributed by atoms with van der Waals surface area (Å²) >= 11 is 0. The highest BCUT2D eigenvalue weighted by Gasteiger charge is 2.28. The number of aliphatic hydroxyl groups is 2. The third-order valence-electron chi connectivity index (χ3n) is 8.99. The molecule has 0 saturated carbocycles. The Labute approximate surface area is 385 Å².